The largest absolute Gasteiger partial charge is 0.387 e. The lowest BCUT2D eigenvalue weighted by Gasteiger charge is -2.36. The molecular formula is C14H21NO2. The first kappa shape index (κ1) is 12.6. The summed E-state index contributed by atoms with van der Waals surface area (Å²) in [5.74, 6) is 0. The molecule has 1 aromatic carbocycles. The molecule has 3 heteroatoms. The molecule has 1 aromatic rings. The average Bonchev–Trinajstić information content (AvgIpc) is 2.42. The van der Waals surface area contributed by atoms with E-state index in [1.54, 1.807) is 0 Å². The Morgan fingerprint density at radius 1 is 1.24 bits per heavy atom. The van der Waals surface area contributed by atoms with Crippen LogP contribution in [-0.2, 0) is 4.74 Å². The Hall–Kier alpha value is -0.900. The van der Waals surface area contributed by atoms with Crippen molar-refractivity contribution in [1.82, 2.24) is 4.90 Å². The van der Waals surface area contributed by atoms with Crippen LogP contribution >= 0.6 is 0 Å². The highest BCUT2D eigenvalue weighted by Crippen LogP contribution is 2.23. The van der Waals surface area contributed by atoms with Crippen molar-refractivity contribution in [2.75, 3.05) is 26.3 Å². The second-order valence-electron chi connectivity index (χ2n) is 4.48. The van der Waals surface area contributed by atoms with Crippen LogP contribution in [0, 0.1) is 0 Å². The fourth-order valence-electron chi connectivity index (χ4n) is 2.46. The second-order valence-corrected chi connectivity index (χ2v) is 4.48. The SMILES string of the molecule is CCC(C(O)c1ccccc1)N1CCOCC1. The summed E-state index contributed by atoms with van der Waals surface area (Å²) in [7, 11) is 0. The lowest BCUT2D eigenvalue weighted by molar-refractivity contribution is -0.0237. The number of rotatable bonds is 4. The Balaban J connectivity index is 2.06. The summed E-state index contributed by atoms with van der Waals surface area (Å²) < 4.78 is 5.36. The zero-order valence-electron chi connectivity index (χ0n) is 10.4. The standard InChI is InChI=1S/C14H21NO2/c1-2-13(15-8-10-17-11-9-15)14(16)12-6-4-3-5-7-12/h3-7,13-14,16H,2,8-11H2,1H3. The first-order valence-electron chi connectivity index (χ1n) is 6.37. The fraction of sp³-hybridized carbons (Fsp3) is 0.571. The van der Waals surface area contributed by atoms with Gasteiger partial charge in [0, 0.05) is 19.1 Å². The number of morpholine rings is 1. The van der Waals surface area contributed by atoms with Gasteiger partial charge in [0.1, 0.15) is 0 Å². The Morgan fingerprint density at radius 2 is 1.88 bits per heavy atom. The molecule has 0 aromatic heterocycles. The summed E-state index contributed by atoms with van der Waals surface area (Å²) in [6.07, 6.45) is 0.551. The van der Waals surface area contributed by atoms with Gasteiger partial charge in [-0.25, -0.2) is 0 Å². The van der Waals surface area contributed by atoms with Crippen molar-refractivity contribution in [3.8, 4) is 0 Å². The van der Waals surface area contributed by atoms with E-state index in [2.05, 4.69) is 11.8 Å². The molecule has 3 nitrogen and oxygen atoms in total. The average molecular weight is 235 g/mol. The van der Waals surface area contributed by atoms with Crippen LogP contribution in [0.1, 0.15) is 25.0 Å². The Morgan fingerprint density at radius 3 is 2.47 bits per heavy atom. The number of hydrogen-bond donors (Lipinski definition) is 1. The van der Waals surface area contributed by atoms with Crippen LogP contribution in [0.3, 0.4) is 0 Å². The molecule has 94 valence electrons. The van der Waals surface area contributed by atoms with Gasteiger partial charge in [-0.15, -0.1) is 0 Å². The van der Waals surface area contributed by atoms with Crippen molar-refractivity contribution < 1.29 is 9.84 Å². The van der Waals surface area contributed by atoms with Crippen molar-refractivity contribution >= 4 is 0 Å². The van der Waals surface area contributed by atoms with Crippen molar-refractivity contribution in [3.63, 3.8) is 0 Å². The van der Waals surface area contributed by atoms with Gasteiger partial charge in [-0.05, 0) is 12.0 Å². The highest BCUT2D eigenvalue weighted by Gasteiger charge is 2.26. The van der Waals surface area contributed by atoms with Crippen LogP contribution in [0.2, 0.25) is 0 Å². The van der Waals surface area contributed by atoms with Gasteiger partial charge in [-0.2, -0.15) is 0 Å². The Kier molecular flexibility index (Phi) is 4.54. The van der Waals surface area contributed by atoms with Gasteiger partial charge in [0.2, 0.25) is 0 Å². The first-order chi connectivity index (χ1) is 8.33. The third kappa shape index (κ3) is 3.06. The molecule has 1 fully saturated rings. The summed E-state index contributed by atoms with van der Waals surface area (Å²) in [5.41, 5.74) is 1.01. The normalized spacial score (nSPS) is 21.1. The van der Waals surface area contributed by atoms with Gasteiger partial charge >= 0.3 is 0 Å². The van der Waals surface area contributed by atoms with E-state index < -0.39 is 6.10 Å². The maximum atomic E-state index is 10.5. The van der Waals surface area contributed by atoms with Crippen molar-refractivity contribution in [2.24, 2.45) is 0 Å². The zero-order chi connectivity index (χ0) is 12.1. The predicted molar refractivity (Wildman–Crippen MR) is 67.9 cm³/mol. The zero-order valence-corrected chi connectivity index (χ0v) is 10.4. The molecule has 0 bridgehead atoms. The van der Waals surface area contributed by atoms with E-state index in [1.165, 1.54) is 0 Å². The van der Waals surface area contributed by atoms with Crippen LogP contribution < -0.4 is 0 Å². The first-order valence-corrected chi connectivity index (χ1v) is 6.37. The quantitative estimate of drug-likeness (QED) is 0.864. The third-order valence-corrected chi connectivity index (χ3v) is 3.44. The van der Waals surface area contributed by atoms with Gasteiger partial charge in [-0.3, -0.25) is 4.90 Å². The van der Waals surface area contributed by atoms with Gasteiger partial charge in [0.25, 0.3) is 0 Å². The Bertz CT molecular complexity index is 322. The molecule has 1 aliphatic rings. The molecule has 17 heavy (non-hydrogen) atoms. The molecule has 0 saturated carbocycles. The number of aliphatic hydroxyl groups excluding tert-OH is 1. The minimum Gasteiger partial charge on any atom is -0.387 e. The van der Waals surface area contributed by atoms with E-state index in [-0.39, 0.29) is 6.04 Å². The van der Waals surface area contributed by atoms with Crippen molar-refractivity contribution in [3.05, 3.63) is 35.9 Å². The molecule has 0 aliphatic carbocycles. The number of hydrogen-bond acceptors (Lipinski definition) is 3. The maximum Gasteiger partial charge on any atom is 0.0945 e. The molecule has 2 atom stereocenters. The van der Waals surface area contributed by atoms with Gasteiger partial charge in [-0.1, -0.05) is 37.3 Å². The fourth-order valence-corrected chi connectivity index (χ4v) is 2.46. The molecule has 2 rings (SSSR count). The van der Waals surface area contributed by atoms with Crippen molar-refractivity contribution in [1.29, 1.82) is 0 Å². The molecule has 0 spiro atoms. The summed E-state index contributed by atoms with van der Waals surface area (Å²) >= 11 is 0. The van der Waals surface area contributed by atoms with Crippen molar-refractivity contribution in [2.45, 2.75) is 25.5 Å². The van der Waals surface area contributed by atoms with Gasteiger partial charge in [0.15, 0.2) is 0 Å². The van der Waals surface area contributed by atoms with E-state index in [0.29, 0.717) is 0 Å². The van der Waals surface area contributed by atoms with Gasteiger partial charge in [0.05, 0.1) is 19.3 Å². The molecule has 1 aliphatic heterocycles. The van der Waals surface area contributed by atoms with Gasteiger partial charge < -0.3 is 9.84 Å². The van der Waals surface area contributed by atoms with Crippen LogP contribution in [0.5, 0.6) is 0 Å². The van der Waals surface area contributed by atoms with E-state index in [9.17, 15) is 5.11 Å². The summed E-state index contributed by atoms with van der Waals surface area (Å²) in [4.78, 5) is 2.33. The number of ether oxygens (including phenoxy) is 1. The maximum absolute atomic E-state index is 10.5. The van der Waals surface area contributed by atoms with E-state index in [0.717, 1.165) is 38.3 Å². The van der Waals surface area contributed by atoms with E-state index in [4.69, 9.17) is 4.74 Å². The van der Waals surface area contributed by atoms with Crippen LogP contribution in [0.4, 0.5) is 0 Å². The van der Waals surface area contributed by atoms with Crippen LogP contribution in [0.25, 0.3) is 0 Å². The third-order valence-electron chi connectivity index (χ3n) is 3.44. The lowest BCUT2D eigenvalue weighted by atomic mass is 9.98. The monoisotopic (exact) mass is 235 g/mol. The molecule has 0 amide bonds. The smallest absolute Gasteiger partial charge is 0.0945 e. The molecule has 1 saturated heterocycles. The lowest BCUT2D eigenvalue weighted by Crippen LogP contribution is -2.46. The highest BCUT2D eigenvalue weighted by atomic mass is 16.5. The number of aliphatic hydroxyl groups is 1. The summed E-state index contributed by atoms with van der Waals surface area (Å²) in [6.45, 7) is 5.52. The summed E-state index contributed by atoms with van der Waals surface area (Å²) in [5, 5.41) is 10.5. The van der Waals surface area contributed by atoms with Crippen LogP contribution in [-0.4, -0.2) is 42.4 Å². The molecule has 1 N–H and O–H groups in total. The highest BCUT2D eigenvalue weighted by molar-refractivity contribution is 5.18. The number of nitrogens with zero attached hydrogens (tertiary/aromatic N) is 1. The number of benzene rings is 1. The molecule has 1 heterocycles. The minimum absolute atomic E-state index is 0.196. The molecule has 2 unspecified atom stereocenters. The Labute approximate surface area is 103 Å². The predicted octanol–water partition coefficient (Wildman–Crippen LogP) is 1.83. The molecule has 0 radical (unpaired) electrons. The minimum atomic E-state index is -0.403. The van der Waals surface area contributed by atoms with E-state index >= 15 is 0 Å². The second kappa shape index (κ2) is 6.15. The summed E-state index contributed by atoms with van der Waals surface area (Å²) in [6, 6.07) is 10.1. The topological polar surface area (TPSA) is 32.7 Å². The van der Waals surface area contributed by atoms with Crippen LogP contribution in [0.15, 0.2) is 30.3 Å². The van der Waals surface area contributed by atoms with E-state index in [1.807, 2.05) is 30.3 Å². The molecular weight excluding hydrogens is 214 g/mol.